The van der Waals surface area contributed by atoms with Crippen molar-refractivity contribution in [3.8, 4) is 0 Å². The third-order valence-corrected chi connectivity index (χ3v) is 3.65. The quantitative estimate of drug-likeness (QED) is 0.632. The molecule has 1 aromatic heterocycles. The highest BCUT2D eigenvalue weighted by Gasteiger charge is 2.43. The first-order valence-electron chi connectivity index (χ1n) is 6.22. The van der Waals surface area contributed by atoms with Crippen LogP contribution in [0.5, 0.6) is 0 Å². The lowest BCUT2D eigenvalue weighted by atomic mass is 9.97. The van der Waals surface area contributed by atoms with Gasteiger partial charge in [-0.1, -0.05) is 12.8 Å². The highest BCUT2D eigenvalue weighted by Crippen LogP contribution is 2.30. The second-order valence-electron chi connectivity index (χ2n) is 5.00. The molecule has 0 spiro atoms. The van der Waals surface area contributed by atoms with Crippen LogP contribution in [0.1, 0.15) is 36.2 Å². The van der Waals surface area contributed by atoms with Crippen LogP contribution in [0.3, 0.4) is 0 Å². The van der Waals surface area contributed by atoms with Crippen LogP contribution in [0.4, 0.5) is 5.69 Å². The number of carbonyl (C=O) groups is 2. The van der Waals surface area contributed by atoms with Crippen LogP contribution in [0.15, 0.2) is 12.3 Å². The van der Waals surface area contributed by atoms with Crippen molar-refractivity contribution in [2.45, 2.75) is 31.2 Å². The van der Waals surface area contributed by atoms with Crippen LogP contribution in [-0.2, 0) is 11.8 Å². The highest BCUT2D eigenvalue weighted by molar-refractivity contribution is 5.97. The number of nitrogens with one attached hydrogen (secondary N) is 1. The average Bonchev–Trinajstić information content (AvgIpc) is 2.96. The van der Waals surface area contributed by atoms with Gasteiger partial charge in [-0.25, -0.2) is 4.79 Å². The van der Waals surface area contributed by atoms with Crippen LogP contribution < -0.4 is 5.32 Å². The van der Waals surface area contributed by atoms with Gasteiger partial charge in [-0.15, -0.1) is 0 Å². The van der Waals surface area contributed by atoms with E-state index in [2.05, 4.69) is 5.32 Å². The molecule has 8 heteroatoms. The van der Waals surface area contributed by atoms with Gasteiger partial charge in [0.05, 0.1) is 11.1 Å². The van der Waals surface area contributed by atoms with Gasteiger partial charge >= 0.3 is 5.97 Å². The van der Waals surface area contributed by atoms with Gasteiger partial charge in [-0.2, -0.15) is 0 Å². The SMILES string of the molecule is Cn1cc([N+](=O)[O-])cc1C(=O)NC1(C(=O)O)CCCC1. The number of aliphatic carboxylic acids is 1. The summed E-state index contributed by atoms with van der Waals surface area (Å²) >= 11 is 0. The second kappa shape index (κ2) is 4.95. The Bertz CT molecular complexity index is 572. The summed E-state index contributed by atoms with van der Waals surface area (Å²) in [6.45, 7) is 0. The molecule has 1 saturated carbocycles. The van der Waals surface area contributed by atoms with Crippen LogP contribution in [0, 0.1) is 10.1 Å². The lowest BCUT2D eigenvalue weighted by Gasteiger charge is -2.25. The van der Waals surface area contributed by atoms with Crippen molar-refractivity contribution in [2.75, 3.05) is 0 Å². The fourth-order valence-corrected chi connectivity index (χ4v) is 2.52. The van der Waals surface area contributed by atoms with Crippen LogP contribution in [0.25, 0.3) is 0 Å². The monoisotopic (exact) mass is 281 g/mol. The summed E-state index contributed by atoms with van der Waals surface area (Å²) in [7, 11) is 1.50. The van der Waals surface area contributed by atoms with Crippen molar-refractivity contribution in [3.63, 3.8) is 0 Å². The molecule has 2 rings (SSSR count). The van der Waals surface area contributed by atoms with E-state index < -0.39 is 22.3 Å². The number of aromatic nitrogens is 1. The first-order chi connectivity index (χ1) is 9.35. The molecule has 1 fully saturated rings. The van der Waals surface area contributed by atoms with Crippen LogP contribution in [0.2, 0.25) is 0 Å². The van der Waals surface area contributed by atoms with Gasteiger partial charge in [0, 0.05) is 13.1 Å². The molecule has 1 aromatic rings. The van der Waals surface area contributed by atoms with Crippen molar-refractivity contribution >= 4 is 17.6 Å². The Morgan fingerprint density at radius 3 is 2.50 bits per heavy atom. The minimum Gasteiger partial charge on any atom is -0.480 e. The number of hydrogen-bond acceptors (Lipinski definition) is 4. The summed E-state index contributed by atoms with van der Waals surface area (Å²) < 4.78 is 1.32. The molecular formula is C12H15N3O5. The van der Waals surface area contributed by atoms with Crippen molar-refractivity contribution in [1.82, 2.24) is 9.88 Å². The zero-order valence-corrected chi connectivity index (χ0v) is 11.0. The number of nitro groups is 1. The Morgan fingerprint density at radius 2 is 2.05 bits per heavy atom. The molecule has 0 bridgehead atoms. The fourth-order valence-electron chi connectivity index (χ4n) is 2.52. The molecule has 108 valence electrons. The maximum atomic E-state index is 12.1. The van der Waals surface area contributed by atoms with Crippen molar-refractivity contribution < 1.29 is 19.6 Å². The summed E-state index contributed by atoms with van der Waals surface area (Å²) in [5.41, 5.74) is -1.38. The number of aryl methyl sites for hydroxylation is 1. The van der Waals surface area contributed by atoms with E-state index >= 15 is 0 Å². The number of carboxylic acids is 1. The summed E-state index contributed by atoms with van der Waals surface area (Å²) in [5, 5.41) is 22.5. The second-order valence-corrected chi connectivity index (χ2v) is 5.00. The summed E-state index contributed by atoms with van der Waals surface area (Å²) in [6.07, 6.45) is 3.44. The van der Waals surface area contributed by atoms with E-state index in [0.29, 0.717) is 12.8 Å². The first kappa shape index (κ1) is 14.0. The van der Waals surface area contributed by atoms with Gasteiger partial charge in [0.25, 0.3) is 11.6 Å². The zero-order chi connectivity index (χ0) is 14.9. The van der Waals surface area contributed by atoms with Crippen LogP contribution >= 0.6 is 0 Å². The third kappa shape index (κ3) is 2.36. The molecule has 0 aromatic carbocycles. The summed E-state index contributed by atoms with van der Waals surface area (Å²) in [6, 6.07) is 1.14. The number of carbonyl (C=O) groups excluding carboxylic acids is 1. The molecule has 20 heavy (non-hydrogen) atoms. The maximum absolute atomic E-state index is 12.1. The largest absolute Gasteiger partial charge is 0.480 e. The van der Waals surface area contributed by atoms with E-state index in [0.717, 1.165) is 18.9 Å². The third-order valence-electron chi connectivity index (χ3n) is 3.65. The molecule has 1 heterocycles. The minimum atomic E-state index is -1.25. The molecule has 0 atom stereocenters. The van der Waals surface area contributed by atoms with Gasteiger partial charge in [0.15, 0.2) is 0 Å². The standard InChI is InChI=1S/C12H15N3O5/c1-14-7-8(15(19)20)6-9(14)10(16)13-12(11(17)18)4-2-3-5-12/h6-7H,2-5H2,1H3,(H,13,16)(H,17,18). The first-order valence-corrected chi connectivity index (χ1v) is 6.22. The Labute approximate surface area is 114 Å². The van der Waals surface area contributed by atoms with E-state index in [1.54, 1.807) is 0 Å². The van der Waals surface area contributed by atoms with Crippen molar-refractivity contribution in [2.24, 2.45) is 7.05 Å². The maximum Gasteiger partial charge on any atom is 0.329 e. The average molecular weight is 281 g/mol. The molecule has 1 aliphatic carbocycles. The number of amides is 1. The topological polar surface area (TPSA) is 114 Å². The number of nitrogens with zero attached hydrogens (tertiary/aromatic N) is 2. The molecule has 1 amide bonds. The lowest BCUT2D eigenvalue weighted by Crippen LogP contribution is -2.52. The highest BCUT2D eigenvalue weighted by atomic mass is 16.6. The van der Waals surface area contributed by atoms with Gasteiger partial charge in [-0.05, 0) is 12.8 Å². The number of hydrogen-bond donors (Lipinski definition) is 2. The minimum absolute atomic E-state index is 0.0734. The van der Waals surface area contributed by atoms with Gasteiger partial charge in [0.1, 0.15) is 11.2 Å². The molecular weight excluding hydrogens is 266 g/mol. The number of rotatable bonds is 4. The molecule has 0 saturated heterocycles. The predicted octanol–water partition coefficient (Wildman–Crippen LogP) is 1.06. The fraction of sp³-hybridized carbons (Fsp3) is 0.500. The Hall–Kier alpha value is -2.38. The molecule has 0 unspecified atom stereocenters. The summed E-state index contributed by atoms with van der Waals surface area (Å²) in [4.78, 5) is 33.6. The van der Waals surface area contributed by atoms with E-state index in [1.807, 2.05) is 0 Å². The normalized spacial score (nSPS) is 16.9. The zero-order valence-electron chi connectivity index (χ0n) is 11.0. The van der Waals surface area contributed by atoms with E-state index in [-0.39, 0.29) is 11.4 Å². The Morgan fingerprint density at radius 1 is 1.45 bits per heavy atom. The Kier molecular flexibility index (Phi) is 3.47. The Balaban J connectivity index is 2.23. The van der Waals surface area contributed by atoms with Crippen molar-refractivity contribution in [1.29, 1.82) is 0 Å². The molecule has 1 aliphatic rings. The summed E-state index contributed by atoms with van der Waals surface area (Å²) in [5.74, 6) is -1.67. The van der Waals surface area contributed by atoms with Gasteiger partial charge in [0.2, 0.25) is 0 Å². The van der Waals surface area contributed by atoms with E-state index in [4.69, 9.17) is 0 Å². The molecule has 0 aliphatic heterocycles. The molecule has 2 N–H and O–H groups in total. The smallest absolute Gasteiger partial charge is 0.329 e. The molecule has 8 nitrogen and oxygen atoms in total. The molecule has 0 radical (unpaired) electrons. The predicted molar refractivity (Wildman–Crippen MR) is 68.4 cm³/mol. The number of carboxylic acid groups (broad SMARTS) is 1. The van der Waals surface area contributed by atoms with Gasteiger partial charge in [-0.3, -0.25) is 14.9 Å². The van der Waals surface area contributed by atoms with Crippen molar-refractivity contribution in [3.05, 3.63) is 28.1 Å². The van der Waals surface area contributed by atoms with E-state index in [1.165, 1.54) is 17.8 Å². The van der Waals surface area contributed by atoms with Gasteiger partial charge < -0.3 is 15.0 Å². The van der Waals surface area contributed by atoms with Crippen LogP contribution in [-0.4, -0.2) is 32.0 Å². The van der Waals surface area contributed by atoms with E-state index in [9.17, 15) is 24.8 Å². The lowest BCUT2D eigenvalue weighted by molar-refractivity contribution is -0.384.